The number of benzene rings is 3. The van der Waals surface area contributed by atoms with E-state index >= 15 is 0 Å². The molecule has 1 unspecified atom stereocenters. The monoisotopic (exact) mass is 520 g/mol. The second kappa shape index (κ2) is 9.04. The average molecular weight is 521 g/mol. The number of hydrogen-bond donors (Lipinski definition) is 1. The third kappa shape index (κ3) is 3.74. The maximum Gasteiger partial charge on any atom is 0.300 e. The summed E-state index contributed by atoms with van der Waals surface area (Å²) in [5, 5.41) is 13.2. The molecule has 8 heteroatoms. The van der Waals surface area contributed by atoms with E-state index < -0.39 is 17.7 Å². The highest BCUT2D eigenvalue weighted by molar-refractivity contribution is 6.52. The van der Waals surface area contributed by atoms with Crippen molar-refractivity contribution in [2.75, 3.05) is 12.0 Å². The Morgan fingerprint density at radius 1 is 1.03 bits per heavy atom. The normalized spacial score (nSPS) is 17.2. The van der Waals surface area contributed by atoms with Gasteiger partial charge >= 0.3 is 0 Å². The molecule has 1 amide bonds. The molecule has 0 spiro atoms. The van der Waals surface area contributed by atoms with Crippen LogP contribution in [0.2, 0.25) is 10.0 Å². The molecule has 0 bridgehead atoms. The van der Waals surface area contributed by atoms with Crippen LogP contribution in [-0.2, 0) is 16.6 Å². The van der Waals surface area contributed by atoms with Gasteiger partial charge in [-0.1, -0.05) is 41.4 Å². The number of nitrogens with zero attached hydrogens (tertiary/aromatic N) is 2. The topological polar surface area (TPSA) is 71.8 Å². The molecule has 5 rings (SSSR count). The number of aromatic nitrogens is 1. The van der Waals surface area contributed by atoms with Gasteiger partial charge in [0.15, 0.2) is 0 Å². The van der Waals surface area contributed by atoms with E-state index in [2.05, 4.69) is 0 Å². The average Bonchev–Trinajstić information content (AvgIpc) is 3.32. The van der Waals surface area contributed by atoms with Crippen LogP contribution in [0.1, 0.15) is 22.7 Å². The highest BCUT2D eigenvalue weighted by Crippen LogP contribution is 2.46. The Hall–Kier alpha value is -3.74. The van der Waals surface area contributed by atoms with E-state index in [4.69, 9.17) is 27.9 Å². The maximum atomic E-state index is 13.6. The summed E-state index contributed by atoms with van der Waals surface area (Å²) in [5.41, 5.74) is 3.05. The number of fused-ring (bicyclic) bond motifs is 1. The van der Waals surface area contributed by atoms with E-state index in [1.54, 1.807) is 36.4 Å². The lowest BCUT2D eigenvalue weighted by Gasteiger charge is -2.25. The minimum absolute atomic E-state index is 0.0498. The van der Waals surface area contributed by atoms with Crippen molar-refractivity contribution in [3.8, 4) is 5.75 Å². The van der Waals surface area contributed by atoms with Gasteiger partial charge in [0, 0.05) is 40.4 Å². The van der Waals surface area contributed by atoms with Crippen LogP contribution in [0.3, 0.4) is 0 Å². The molecule has 1 aliphatic rings. The minimum Gasteiger partial charge on any atom is -0.507 e. The number of anilines is 1. The van der Waals surface area contributed by atoms with Crippen molar-refractivity contribution in [1.82, 2.24) is 4.57 Å². The molecule has 0 saturated carbocycles. The van der Waals surface area contributed by atoms with Crippen molar-refractivity contribution >= 4 is 57.2 Å². The molecule has 1 saturated heterocycles. The Labute approximate surface area is 217 Å². The first kappa shape index (κ1) is 24.0. The number of ketones is 1. The predicted molar refractivity (Wildman–Crippen MR) is 142 cm³/mol. The zero-order chi connectivity index (χ0) is 25.7. The minimum atomic E-state index is -0.902. The largest absolute Gasteiger partial charge is 0.507 e. The van der Waals surface area contributed by atoms with Crippen LogP contribution in [0.15, 0.2) is 72.4 Å². The number of Topliss-reactive ketones (excluding diaryl/α,β-unsaturated/α-hetero) is 1. The van der Waals surface area contributed by atoms with Crippen molar-refractivity contribution in [2.45, 2.75) is 13.0 Å². The Bertz CT molecular complexity index is 1570. The standard InChI is InChI=1S/C28H22Cl2N2O4/c1-15-12-19(27(36-3)21(30)13-15)25(33)23-24(20-14-31(2)22-7-5-4-6-18(20)22)32(28(35)26(23)34)17-10-8-16(29)9-11-17/h4-14,24,33H,1-3H3/b25-23+. The van der Waals surface area contributed by atoms with Crippen LogP contribution in [0, 0.1) is 6.92 Å². The number of carbonyl (C=O) groups is 2. The summed E-state index contributed by atoms with van der Waals surface area (Å²) < 4.78 is 7.39. The summed E-state index contributed by atoms with van der Waals surface area (Å²) in [6.45, 7) is 1.82. The molecular weight excluding hydrogens is 499 g/mol. The van der Waals surface area contributed by atoms with E-state index in [9.17, 15) is 14.7 Å². The zero-order valence-corrected chi connectivity index (χ0v) is 21.3. The summed E-state index contributed by atoms with van der Waals surface area (Å²) in [4.78, 5) is 28.4. The van der Waals surface area contributed by atoms with E-state index in [0.29, 0.717) is 16.3 Å². The van der Waals surface area contributed by atoms with Crippen LogP contribution in [-0.4, -0.2) is 28.5 Å². The molecule has 4 aromatic rings. The lowest BCUT2D eigenvalue weighted by Crippen LogP contribution is -2.29. The first-order valence-electron chi connectivity index (χ1n) is 11.2. The van der Waals surface area contributed by atoms with Crippen molar-refractivity contribution < 1.29 is 19.4 Å². The summed E-state index contributed by atoms with van der Waals surface area (Å²) in [6, 6.07) is 16.8. The molecule has 1 N–H and O–H groups in total. The lowest BCUT2D eigenvalue weighted by molar-refractivity contribution is -0.132. The molecule has 0 aliphatic carbocycles. The van der Waals surface area contributed by atoms with Gasteiger partial charge in [0.05, 0.1) is 29.3 Å². The summed E-state index contributed by atoms with van der Waals surface area (Å²) in [6.07, 6.45) is 1.87. The number of halogens is 2. The second-order valence-electron chi connectivity index (χ2n) is 8.69. The number of rotatable bonds is 4. The van der Waals surface area contributed by atoms with Crippen molar-refractivity contribution in [1.29, 1.82) is 0 Å². The number of para-hydroxylation sites is 1. The Balaban J connectivity index is 1.84. The fraction of sp³-hybridized carbons (Fsp3) is 0.143. The first-order valence-corrected chi connectivity index (χ1v) is 11.9. The number of aliphatic hydroxyl groups is 1. The SMILES string of the molecule is COc1c(Cl)cc(C)cc1/C(O)=C1\C(=O)C(=O)N(c2ccc(Cl)cc2)C1c1cn(C)c2ccccc12. The third-order valence-corrected chi connectivity index (χ3v) is 6.95. The quantitative estimate of drug-likeness (QED) is 0.191. The Morgan fingerprint density at radius 3 is 2.42 bits per heavy atom. The fourth-order valence-electron chi connectivity index (χ4n) is 4.84. The van der Waals surface area contributed by atoms with Gasteiger partial charge in [-0.2, -0.15) is 0 Å². The molecule has 3 aromatic carbocycles. The fourth-order valence-corrected chi connectivity index (χ4v) is 5.32. The number of ether oxygens (including phenoxy) is 1. The second-order valence-corrected chi connectivity index (χ2v) is 9.53. The summed E-state index contributed by atoms with van der Waals surface area (Å²) >= 11 is 12.5. The van der Waals surface area contributed by atoms with Crippen LogP contribution in [0.4, 0.5) is 5.69 Å². The number of carbonyl (C=O) groups excluding carboxylic acids is 2. The lowest BCUT2D eigenvalue weighted by atomic mass is 9.94. The number of amides is 1. The molecule has 182 valence electrons. The van der Waals surface area contributed by atoms with Gasteiger partial charge in [-0.25, -0.2) is 0 Å². The van der Waals surface area contributed by atoms with E-state index in [1.807, 2.05) is 49.0 Å². The number of hydrogen-bond acceptors (Lipinski definition) is 4. The van der Waals surface area contributed by atoms with E-state index in [-0.39, 0.29) is 27.7 Å². The van der Waals surface area contributed by atoms with Crippen molar-refractivity contribution in [2.24, 2.45) is 7.05 Å². The van der Waals surface area contributed by atoms with E-state index in [1.165, 1.54) is 12.0 Å². The highest BCUT2D eigenvalue weighted by atomic mass is 35.5. The molecule has 1 aliphatic heterocycles. The zero-order valence-electron chi connectivity index (χ0n) is 19.8. The molecule has 36 heavy (non-hydrogen) atoms. The van der Waals surface area contributed by atoms with Crippen LogP contribution < -0.4 is 9.64 Å². The molecule has 2 heterocycles. The maximum absolute atomic E-state index is 13.6. The van der Waals surface area contributed by atoms with Gasteiger partial charge in [-0.15, -0.1) is 0 Å². The summed E-state index contributed by atoms with van der Waals surface area (Å²) in [7, 11) is 3.32. The molecule has 1 atom stereocenters. The first-order chi connectivity index (χ1) is 17.2. The van der Waals surface area contributed by atoms with Gasteiger partial charge in [0.25, 0.3) is 11.7 Å². The highest BCUT2D eigenvalue weighted by Gasteiger charge is 2.48. The van der Waals surface area contributed by atoms with Gasteiger partial charge in [0.2, 0.25) is 0 Å². The molecular formula is C28H22Cl2N2O4. The van der Waals surface area contributed by atoms with Gasteiger partial charge in [0.1, 0.15) is 11.5 Å². The van der Waals surface area contributed by atoms with Crippen LogP contribution >= 0.6 is 23.2 Å². The number of aryl methyl sites for hydroxylation is 2. The van der Waals surface area contributed by atoms with Gasteiger partial charge < -0.3 is 14.4 Å². The van der Waals surface area contributed by atoms with Crippen molar-refractivity contribution in [3.63, 3.8) is 0 Å². The molecule has 1 aromatic heterocycles. The van der Waals surface area contributed by atoms with Crippen LogP contribution in [0.5, 0.6) is 5.75 Å². The van der Waals surface area contributed by atoms with Crippen LogP contribution in [0.25, 0.3) is 16.7 Å². The van der Waals surface area contributed by atoms with Gasteiger partial charge in [-0.05, 0) is 55.0 Å². The predicted octanol–water partition coefficient (Wildman–Crippen LogP) is 6.43. The Kier molecular flexibility index (Phi) is 6.02. The van der Waals surface area contributed by atoms with E-state index in [0.717, 1.165) is 16.5 Å². The molecule has 0 radical (unpaired) electrons. The number of methoxy groups -OCH3 is 1. The summed E-state index contributed by atoms with van der Waals surface area (Å²) in [5.74, 6) is -1.70. The Morgan fingerprint density at radius 2 is 1.72 bits per heavy atom. The molecule has 1 fully saturated rings. The number of aliphatic hydroxyl groups excluding tert-OH is 1. The third-order valence-electron chi connectivity index (χ3n) is 6.42. The molecule has 6 nitrogen and oxygen atoms in total. The smallest absolute Gasteiger partial charge is 0.300 e. The van der Waals surface area contributed by atoms with Crippen molar-refractivity contribution in [3.05, 3.63) is 99.2 Å². The van der Waals surface area contributed by atoms with Gasteiger partial charge in [-0.3, -0.25) is 14.5 Å².